The van der Waals surface area contributed by atoms with Crippen molar-refractivity contribution in [3.05, 3.63) is 23.8 Å². The number of rotatable bonds is 6. The predicted molar refractivity (Wildman–Crippen MR) is 85.0 cm³/mol. The van der Waals surface area contributed by atoms with E-state index < -0.39 is 11.9 Å². The van der Waals surface area contributed by atoms with Crippen molar-refractivity contribution in [1.29, 1.82) is 0 Å². The highest BCUT2D eigenvalue weighted by Crippen LogP contribution is 2.29. The zero-order valence-corrected chi connectivity index (χ0v) is 13.7. The van der Waals surface area contributed by atoms with Gasteiger partial charge in [-0.15, -0.1) is 0 Å². The van der Waals surface area contributed by atoms with Crippen LogP contribution in [0.25, 0.3) is 0 Å². The fraction of sp³-hybridized carbons (Fsp3) is 0.529. The molecule has 0 radical (unpaired) electrons. The van der Waals surface area contributed by atoms with Gasteiger partial charge >= 0.3 is 5.97 Å². The second-order valence-electron chi connectivity index (χ2n) is 6.15. The van der Waals surface area contributed by atoms with Crippen LogP contribution in [-0.4, -0.2) is 48.7 Å². The Morgan fingerprint density at radius 3 is 2.65 bits per heavy atom. The molecular weight excluding hydrogens is 298 g/mol. The lowest BCUT2D eigenvalue weighted by atomic mass is 10.1. The number of likely N-dealkylation sites (tertiary alicyclic amines) is 1. The van der Waals surface area contributed by atoms with Gasteiger partial charge in [-0.3, -0.25) is 9.59 Å². The van der Waals surface area contributed by atoms with Gasteiger partial charge in [-0.05, 0) is 30.5 Å². The van der Waals surface area contributed by atoms with E-state index in [4.69, 9.17) is 14.6 Å². The van der Waals surface area contributed by atoms with E-state index in [-0.39, 0.29) is 12.5 Å². The maximum Gasteiger partial charge on any atom is 0.308 e. The van der Waals surface area contributed by atoms with Crippen LogP contribution in [0.2, 0.25) is 0 Å². The van der Waals surface area contributed by atoms with Crippen LogP contribution in [0, 0.1) is 11.8 Å². The lowest BCUT2D eigenvalue weighted by Gasteiger charge is -2.17. The van der Waals surface area contributed by atoms with Crippen molar-refractivity contribution in [2.24, 2.45) is 11.8 Å². The molecule has 1 amide bonds. The number of carbonyl (C=O) groups excluding carboxylic acids is 1. The van der Waals surface area contributed by atoms with E-state index in [2.05, 4.69) is 13.8 Å². The van der Waals surface area contributed by atoms with E-state index in [0.717, 1.165) is 0 Å². The fourth-order valence-corrected chi connectivity index (χ4v) is 2.51. The van der Waals surface area contributed by atoms with Crippen molar-refractivity contribution in [3.8, 4) is 11.5 Å². The zero-order valence-electron chi connectivity index (χ0n) is 13.7. The third-order valence-corrected chi connectivity index (χ3v) is 3.81. The molecule has 1 fully saturated rings. The van der Waals surface area contributed by atoms with Crippen molar-refractivity contribution in [3.63, 3.8) is 0 Å². The molecule has 1 atom stereocenters. The zero-order chi connectivity index (χ0) is 17.0. The average molecular weight is 321 g/mol. The third-order valence-electron chi connectivity index (χ3n) is 3.81. The molecule has 1 aromatic carbocycles. The van der Waals surface area contributed by atoms with Crippen molar-refractivity contribution in [1.82, 2.24) is 4.90 Å². The van der Waals surface area contributed by atoms with Crippen LogP contribution >= 0.6 is 0 Å². The average Bonchev–Trinajstić information content (AvgIpc) is 3.02. The third kappa shape index (κ3) is 4.15. The van der Waals surface area contributed by atoms with Crippen molar-refractivity contribution >= 4 is 11.9 Å². The molecule has 6 heteroatoms. The number of amides is 1. The summed E-state index contributed by atoms with van der Waals surface area (Å²) in [5.41, 5.74) is 0.477. The summed E-state index contributed by atoms with van der Waals surface area (Å²) in [5.74, 6) is -0.0149. The summed E-state index contributed by atoms with van der Waals surface area (Å²) in [7, 11) is 1.53. The second-order valence-corrected chi connectivity index (χ2v) is 6.15. The molecule has 6 nitrogen and oxygen atoms in total. The van der Waals surface area contributed by atoms with Gasteiger partial charge in [0.15, 0.2) is 11.5 Å². The molecule has 0 aliphatic carbocycles. The number of hydrogen-bond donors (Lipinski definition) is 1. The maximum absolute atomic E-state index is 12.5. The highest BCUT2D eigenvalue weighted by Gasteiger charge is 2.31. The van der Waals surface area contributed by atoms with E-state index in [9.17, 15) is 9.59 Å². The maximum atomic E-state index is 12.5. The van der Waals surface area contributed by atoms with Crippen molar-refractivity contribution in [2.45, 2.75) is 20.3 Å². The Balaban J connectivity index is 2.11. The topological polar surface area (TPSA) is 76.1 Å². The summed E-state index contributed by atoms with van der Waals surface area (Å²) in [6.07, 6.45) is 0.494. The van der Waals surface area contributed by atoms with Crippen LogP contribution in [0.5, 0.6) is 11.5 Å². The molecule has 1 heterocycles. The predicted octanol–water partition coefficient (Wildman–Crippen LogP) is 2.28. The quantitative estimate of drug-likeness (QED) is 0.870. The van der Waals surface area contributed by atoms with Crippen molar-refractivity contribution in [2.75, 3.05) is 26.8 Å². The minimum Gasteiger partial charge on any atom is -0.493 e. The SMILES string of the molecule is COc1cc(C(=O)N2CCC(C(=O)O)C2)ccc1OCC(C)C. The number of carboxylic acids is 1. The van der Waals surface area contributed by atoms with Gasteiger partial charge in [-0.25, -0.2) is 0 Å². The number of ether oxygens (including phenoxy) is 2. The minimum absolute atomic E-state index is 0.178. The Kier molecular flexibility index (Phi) is 5.47. The van der Waals surface area contributed by atoms with Crippen LogP contribution in [0.3, 0.4) is 0 Å². The van der Waals surface area contributed by atoms with E-state index in [1.165, 1.54) is 7.11 Å². The number of carbonyl (C=O) groups is 2. The molecule has 0 spiro atoms. The first-order chi connectivity index (χ1) is 10.9. The summed E-state index contributed by atoms with van der Waals surface area (Å²) in [6.45, 7) is 5.38. The minimum atomic E-state index is -0.852. The molecule has 2 rings (SSSR count). The number of benzene rings is 1. The molecule has 1 aliphatic rings. The van der Waals surface area contributed by atoms with Crippen molar-refractivity contribution < 1.29 is 24.2 Å². The molecule has 1 aliphatic heterocycles. The van der Waals surface area contributed by atoms with E-state index in [1.807, 2.05) is 0 Å². The van der Waals surface area contributed by atoms with Crippen LogP contribution < -0.4 is 9.47 Å². The van der Waals surface area contributed by atoms with Crippen LogP contribution in [0.1, 0.15) is 30.6 Å². The Morgan fingerprint density at radius 2 is 2.09 bits per heavy atom. The first-order valence-corrected chi connectivity index (χ1v) is 7.75. The van der Waals surface area contributed by atoms with Gasteiger partial charge in [0.05, 0.1) is 19.6 Å². The summed E-state index contributed by atoms with van der Waals surface area (Å²) in [5, 5.41) is 9.03. The Labute approximate surface area is 136 Å². The Morgan fingerprint density at radius 1 is 1.35 bits per heavy atom. The molecule has 0 bridgehead atoms. The highest BCUT2D eigenvalue weighted by molar-refractivity contribution is 5.95. The molecule has 1 aromatic rings. The van der Waals surface area contributed by atoms with Gasteiger partial charge in [-0.1, -0.05) is 13.8 Å². The number of nitrogens with zero attached hydrogens (tertiary/aromatic N) is 1. The largest absolute Gasteiger partial charge is 0.493 e. The Bertz CT molecular complexity index is 584. The molecule has 1 unspecified atom stereocenters. The van der Waals surface area contributed by atoms with Gasteiger partial charge in [0.2, 0.25) is 0 Å². The normalized spacial score (nSPS) is 17.4. The van der Waals surface area contributed by atoms with E-state index >= 15 is 0 Å². The number of aliphatic carboxylic acids is 1. The van der Waals surface area contributed by atoms with Gasteiger partial charge < -0.3 is 19.5 Å². The summed E-state index contributed by atoms with van der Waals surface area (Å²) >= 11 is 0. The smallest absolute Gasteiger partial charge is 0.308 e. The van der Waals surface area contributed by atoms with Crippen LogP contribution in [-0.2, 0) is 4.79 Å². The number of hydrogen-bond acceptors (Lipinski definition) is 4. The summed E-state index contributed by atoms with van der Waals surface area (Å²) in [6, 6.07) is 5.06. The van der Waals surface area contributed by atoms with Gasteiger partial charge in [0.25, 0.3) is 5.91 Å². The van der Waals surface area contributed by atoms with Crippen LogP contribution in [0.15, 0.2) is 18.2 Å². The second kappa shape index (κ2) is 7.35. The highest BCUT2D eigenvalue weighted by atomic mass is 16.5. The molecule has 1 N–H and O–H groups in total. The first kappa shape index (κ1) is 17.1. The van der Waals surface area contributed by atoms with E-state index in [1.54, 1.807) is 23.1 Å². The first-order valence-electron chi connectivity index (χ1n) is 7.75. The Hall–Kier alpha value is -2.24. The molecule has 126 valence electrons. The van der Waals surface area contributed by atoms with Crippen LogP contribution in [0.4, 0.5) is 0 Å². The molecule has 0 aromatic heterocycles. The van der Waals surface area contributed by atoms with Gasteiger partial charge in [-0.2, -0.15) is 0 Å². The molecular formula is C17H23NO5. The fourth-order valence-electron chi connectivity index (χ4n) is 2.51. The van der Waals surface area contributed by atoms with E-state index in [0.29, 0.717) is 42.6 Å². The number of methoxy groups -OCH3 is 1. The summed E-state index contributed by atoms with van der Waals surface area (Å²) < 4.78 is 11.0. The lowest BCUT2D eigenvalue weighted by Crippen LogP contribution is -2.29. The molecule has 1 saturated heterocycles. The standard InChI is InChI=1S/C17H23NO5/c1-11(2)10-23-14-5-4-12(8-15(14)22-3)16(19)18-7-6-13(9-18)17(20)21/h4-5,8,11,13H,6-7,9-10H2,1-3H3,(H,20,21). The lowest BCUT2D eigenvalue weighted by molar-refractivity contribution is -0.141. The van der Waals surface area contributed by atoms with Gasteiger partial charge in [0.1, 0.15) is 0 Å². The summed E-state index contributed by atoms with van der Waals surface area (Å²) in [4.78, 5) is 25.1. The molecule has 23 heavy (non-hydrogen) atoms. The monoisotopic (exact) mass is 321 g/mol. The number of carboxylic acid groups (broad SMARTS) is 1. The van der Waals surface area contributed by atoms with Gasteiger partial charge in [0, 0.05) is 18.7 Å². The molecule has 0 saturated carbocycles.